The molecule has 0 radical (unpaired) electrons. The fraction of sp³-hybridized carbons (Fsp3) is 0.0769. The number of nitrogens with one attached hydrogen (secondary N) is 1. The van der Waals surface area contributed by atoms with Crippen LogP contribution >= 0.6 is 43.5 Å². The number of halogens is 3. The highest BCUT2D eigenvalue weighted by Crippen LogP contribution is 2.33. The summed E-state index contributed by atoms with van der Waals surface area (Å²) in [6.07, 6.45) is 0. The number of rotatable bonds is 4. The van der Waals surface area contributed by atoms with Crippen LogP contribution in [0.3, 0.4) is 0 Å². The summed E-state index contributed by atoms with van der Waals surface area (Å²) in [6, 6.07) is 9.41. The van der Waals surface area contributed by atoms with Crippen molar-refractivity contribution < 1.29 is 13.5 Å². The molecule has 0 saturated heterocycles. The highest BCUT2D eigenvalue weighted by Gasteiger charge is 2.18. The molecule has 112 valence electrons. The number of benzene rings is 2. The summed E-state index contributed by atoms with van der Waals surface area (Å²) in [5.41, 5.74) is 0.873. The van der Waals surface area contributed by atoms with Crippen molar-refractivity contribution in [2.24, 2.45) is 0 Å². The maximum atomic E-state index is 12.4. The van der Waals surface area contributed by atoms with Gasteiger partial charge in [0.05, 0.1) is 17.2 Å². The lowest BCUT2D eigenvalue weighted by Crippen LogP contribution is -2.14. The predicted octanol–water partition coefficient (Wildman–Crippen LogP) is 4.16. The fourth-order valence-corrected chi connectivity index (χ4v) is 4.50. The molecule has 2 N–H and O–H groups in total. The van der Waals surface area contributed by atoms with Gasteiger partial charge in [0.1, 0.15) is 0 Å². The third-order valence-electron chi connectivity index (χ3n) is 2.70. The molecule has 0 aliphatic heterocycles. The van der Waals surface area contributed by atoms with Gasteiger partial charge in [0, 0.05) is 14.0 Å². The van der Waals surface area contributed by atoms with Crippen molar-refractivity contribution in [3.63, 3.8) is 0 Å². The lowest BCUT2D eigenvalue weighted by Gasteiger charge is -2.12. The Morgan fingerprint density at radius 3 is 2.29 bits per heavy atom. The molecule has 0 bridgehead atoms. The zero-order valence-corrected chi connectivity index (χ0v) is 15.2. The van der Waals surface area contributed by atoms with Crippen molar-refractivity contribution in [1.82, 2.24) is 0 Å². The van der Waals surface area contributed by atoms with Crippen LogP contribution in [0.5, 0.6) is 0 Å². The van der Waals surface area contributed by atoms with E-state index in [2.05, 4.69) is 36.6 Å². The SMILES string of the molecule is O=S(=O)(Nc1c(Br)cccc1Br)c1ccc(CO)c(Cl)c1. The van der Waals surface area contributed by atoms with Gasteiger partial charge in [-0.2, -0.15) is 0 Å². The minimum atomic E-state index is -3.78. The molecule has 0 aromatic heterocycles. The third-order valence-corrected chi connectivity index (χ3v) is 5.73. The number of para-hydroxylation sites is 1. The summed E-state index contributed by atoms with van der Waals surface area (Å²) in [7, 11) is -3.78. The number of sulfonamides is 1. The zero-order valence-electron chi connectivity index (χ0n) is 10.5. The lowest BCUT2D eigenvalue weighted by atomic mass is 10.2. The van der Waals surface area contributed by atoms with E-state index in [9.17, 15) is 8.42 Å². The van der Waals surface area contributed by atoms with Crippen LogP contribution in [0, 0.1) is 0 Å². The van der Waals surface area contributed by atoms with E-state index in [1.165, 1.54) is 18.2 Å². The van der Waals surface area contributed by atoms with Crippen LogP contribution in [-0.2, 0) is 16.6 Å². The number of aliphatic hydroxyl groups is 1. The summed E-state index contributed by atoms with van der Waals surface area (Å²) in [4.78, 5) is 0.0207. The van der Waals surface area contributed by atoms with Gasteiger partial charge in [-0.25, -0.2) is 8.42 Å². The van der Waals surface area contributed by atoms with Crippen LogP contribution in [0.2, 0.25) is 5.02 Å². The average molecular weight is 456 g/mol. The Hall–Kier alpha value is -0.600. The van der Waals surface area contributed by atoms with E-state index >= 15 is 0 Å². The van der Waals surface area contributed by atoms with Gasteiger partial charge >= 0.3 is 0 Å². The summed E-state index contributed by atoms with van der Waals surface area (Å²) >= 11 is 12.5. The van der Waals surface area contributed by atoms with E-state index in [0.29, 0.717) is 20.2 Å². The van der Waals surface area contributed by atoms with Crippen molar-refractivity contribution >= 4 is 59.2 Å². The van der Waals surface area contributed by atoms with Crippen molar-refractivity contribution in [3.05, 3.63) is 55.9 Å². The summed E-state index contributed by atoms with van der Waals surface area (Å²) in [5.74, 6) is 0. The molecule has 0 heterocycles. The van der Waals surface area contributed by atoms with Gasteiger partial charge in [0.25, 0.3) is 10.0 Å². The van der Waals surface area contributed by atoms with E-state index in [0.717, 1.165) is 0 Å². The molecule has 0 aliphatic carbocycles. The molecule has 0 atom stereocenters. The standard InChI is InChI=1S/C13H10Br2ClNO3S/c14-10-2-1-3-11(15)13(10)17-21(19,20)9-5-4-8(7-18)12(16)6-9/h1-6,17-18H,7H2. The molecular formula is C13H10Br2ClNO3S. The minimum absolute atomic E-state index is 0.0207. The Labute approximate surface area is 144 Å². The third kappa shape index (κ3) is 3.78. The maximum Gasteiger partial charge on any atom is 0.262 e. The van der Waals surface area contributed by atoms with Gasteiger partial charge in [-0.1, -0.05) is 23.7 Å². The Morgan fingerprint density at radius 1 is 1.14 bits per heavy atom. The van der Waals surface area contributed by atoms with E-state index in [1.807, 2.05) is 0 Å². The van der Waals surface area contributed by atoms with Gasteiger partial charge in [-0.05, 0) is 61.7 Å². The van der Waals surface area contributed by atoms with Gasteiger partial charge < -0.3 is 5.11 Å². The molecule has 0 unspecified atom stereocenters. The molecule has 2 aromatic carbocycles. The molecule has 2 rings (SSSR count). The second-order valence-electron chi connectivity index (χ2n) is 4.11. The molecule has 0 fully saturated rings. The smallest absolute Gasteiger partial charge is 0.262 e. The van der Waals surface area contributed by atoms with Crippen molar-refractivity contribution in [3.8, 4) is 0 Å². The second kappa shape index (κ2) is 6.66. The van der Waals surface area contributed by atoms with E-state index in [4.69, 9.17) is 16.7 Å². The highest BCUT2D eigenvalue weighted by atomic mass is 79.9. The van der Waals surface area contributed by atoms with Crippen LogP contribution in [-0.4, -0.2) is 13.5 Å². The topological polar surface area (TPSA) is 66.4 Å². The largest absolute Gasteiger partial charge is 0.392 e. The second-order valence-corrected chi connectivity index (χ2v) is 7.91. The predicted molar refractivity (Wildman–Crippen MR) is 90.0 cm³/mol. The molecular weight excluding hydrogens is 445 g/mol. The Morgan fingerprint density at radius 2 is 1.76 bits per heavy atom. The number of aliphatic hydroxyl groups excluding tert-OH is 1. The van der Waals surface area contributed by atoms with Crippen LogP contribution < -0.4 is 4.72 Å². The highest BCUT2D eigenvalue weighted by molar-refractivity contribution is 9.11. The number of anilines is 1. The normalized spacial score (nSPS) is 11.4. The van der Waals surface area contributed by atoms with Crippen LogP contribution in [0.1, 0.15) is 5.56 Å². The van der Waals surface area contributed by atoms with E-state index in [1.54, 1.807) is 18.2 Å². The first-order valence-corrected chi connectivity index (χ1v) is 9.16. The maximum absolute atomic E-state index is 12.4. The van der Waals surface area contributed by atoms with Gasteiger partial charge in [0.2, 0.25) is 0 Å². The van der Waals surface area contributed by atoms with Crippen LogP contribution in [0.15, 0.2) is 50.2 Å². The van der Waals surface area contributed by atoms with Crippen molar-refractivity contribution in [2.45, 2.75) is 11.5 Å². The Bertz CT molecular complexity index is 761. The molecule has 8 heteroatoms. The lowest BCUT2D eigenvalue weighted by molar-refractivity contribution is 0.282. The summed E-state index contributed by atoms with van der Waals surface area (Å²) in [5, 5.41) is 9.26. The molecule has 0 saturated carbocycles. The van der Waals surface area contributed by atoms with Crippen LogP contribution in [0.4, 0.5) is 5.69 Å². The van der Waals surface area contributed by atoms with Gasteiger partial charge in [-0.15, -0.1) is 0 Å². The van der Waals surface area contributed by atoms with E-state index < -0.39 is 10.0 Å². The van der Waals surface area contributed by atoms with Gasteiger partial charge in [0.15, 0.2) is 0 Å². The molecule has 0 spiro atoms. The molecule has 2 aromatic rings. The summed E-state index contributed by atoms with van der Waals surface area (Å²) in [6.45, 7) is -0.248. The number of hydrogen-bond acceptors (Lipinski definition) is 3. The molecule has 0 amide bonds. The first-order chi connectivity index (χ1) is 9.85. The molecule has 21 heavy (non-hydrogen) atoms. The van der Waals surface area contributed by atoms with E-state index in [-0.39, 0.29) is 16.5 Å². The monoisotopic (exact) mass is 453 g/mol. The van der Waals surface area contributed by atoms with Crippen LogP contribution in [0.25, 0.3) is 0 Å². The summed E-state index contributed by atoms with van der Waals surface area (Å²) < 4.78 is 28.5. The molecule has 0 aliphatic rings. The fourth-order valence-electron chi connectivity index (χ4n) is 1.61. The first kappa shape index (κ1) is 16.8. The van der Waals surface area contributed by atoms with Crippen molar-refractivity contribution in [1.29, 1.82) is 0 Å². The first-order valence-electron chi connectivity index (χ1n) is 5.71. The quantitative estimate of drug-likeness (QED) is 0.728. The molecule has 4 nitrogen and oxygen atoms in total. The van der Waals surface area contributed by atoms with Crippen molar-refractivity contribution in [2.75, 3.05) is 4.72 Å². The Kier molecular flexibility index (Phi) is 5.32. The zero-order chi connectivity index (χ0) is 15.6. The average Bonchev–Trinajstić information content (AvgIpc) is 2.43. The minimum Gasteiger partial charge on any atom is -0.392 e. The number of hydrogen-bond donors (Lipinski definition) is 2. The Balaban J connectivity index is 2.41. The van der Waals surface area contributed by atoms with Gasteiger partial charge in [-0.3, -0.25) is 4.72 Å².